The number of halogens is 3. The van der Waals surface area contributed by atoms with Crippen molar-refractivity contribution in [3.8, 4) is 0 Å². The SMILES string of the molecule is CC(CNS(=O)(=O)c1c(F)cc(F)cc1F)C(=N)N. The Bertz CT molecular complexity index is 581. The van der Waals surface area contributed by atoms with Crippen molar-refractivity contribution in [3.05, 3.63) is 29.6 Å². The van der Waals surface area contributed by atoms with E-state index in [-0.39, 0.29) is 24.5 Å². The average molecular weight is 295 g/mol. The van der Waals surface area contributed by atoms with E-state index < -0.39 is 38.3 Å². The van der Waals surface area contributed by atoms with Gasteiger partial charge in [0.1, 0.15) is 17.5 Å². The van der Waals surface area contributed by atoms with Gasteiger partial charge in [0.15, 0.2) is 4.90 Å². The number of benzene rings is 1. The van der Waals surface area contributed by atoms with Crippen LogP contribution in [0.2, 0.25) is 0 Å². The molecule has 5 nitrogen and oxygen atoms in total. The van der Waals surface area contributed by atoms with E-state index in [1.807, 2.05) is 4.72 Å². The van der Waals surface area contributed by atoms with Crippen LogP contribution in [-0.4, -0.2) is 20.8 Å². The van der Waals surface area contributed by atoms with E-state index >= 15 is 0 Å². The van der Waals surface area contributed by atoms with Gasteiger partial charge in [0.2, 0.25) is 10.0 Å². The molecule has 1 aromatic rings. The van der Waals surface area contributed by atoms with Crippen molar-refractivity contribution in [2.45, 2.75) is 11.8 Å². The maximum absolute atomic E-state index is 13.3. The normalized spacial score (nSPS) is 13.3. The molecule has 106 valence electrons. The van der Waals surface area contributed by atoms with Crippen molar-refractivity contribution in [2.24, 2.45) is 11.7 Å². The molecule has 19 heavy (non-hydrogen) atoms. The van der Waals surface area contributed by atoms with E-state index in [1.54, 1.807) is 0 Å². The third kappa shape index (κ3) is 3.67. The molecule has 1 atom stereocenters. The Kier molecular flexibility index (Phi) is 4.53. The molecule has 0 amide bonds. The lowest BCUT2D eigenvalue weighted by molar-refractivity contribution is 0.493. The van der Waals surface area contributed by atoms with E-state index in [1.165, 1.54) is 6.92 Å². The van der Waals surface area contributed by atoms with Crippen molar-refractivity contribution in [2.75, 3.05) is 6.54 Å². The lowest BCUT2D eigenvalue weighted by Gasteiger charge is -2.12. The molecule has 0 aliphatic heterocycles. The Morgan fingerprint density at radius 1 is 1.37 bits per heavy atom. The molecule has 0 fully saturated rings. The average Bonchev–Trinajstić information content (AvgIpc) is 2.23. The van der Waals surface area contributed by atoms with E-state index in [0.29, 0.717) is 0 Å². The Morgan fingerprint density at radius 2 is 1.84 bits per heavy atom. The molecule has 0 heterocycles. The summed E-state index contributed by atoms with van der Waals surface area (Å²) in [5, 5.41) is 7.07. The molecular formula is C10H12F3N3O2S. The number of hydrogen-bond acceptors (Lipinski definition) is 3. The second-order valence-corrected chi connectivity index (χ2v) is 5.61. The maximum atomic E-state index is 13.3. The molecule has 0 spiro atoms. The summed E-state index contributed by atoms with van der Waals surface area (Å²) in [6.07, 6.45) is 0. The Morgan fingerprint density at radius 3 is 2.26 bits per heavy atom. The van der Waals surface area contributed by atoms with Gasteiger partial charge in [0.05, 0.1) is 5.84 Å². The molecule has 0 saturated carbocycles. The molecule has 0 aromatic heterocycles. The van der Waals surface area contributed by atoms with E-state index in [0.717, 1.165) is 0 Å². The predicted octanol–water partition coefficient (Wildman–Crippen LogP) is 0.954. The van der Waals surface area contributed by atoms with Crippen LogP contribution in [0.15, 0.2) is 17.0 Å². The molecule has 1 unspecified atom stereocenters. The van der Waals surface area contributed by atoms with Gasteiger partial charge in [0.25, 0.3) is 0 Å². The van der Waals surface area contributed by atoms with Gasteiger partial charge in [-0.3, -0.25) is 5.41 Å². The highest BCUT2D eigenvalue weighted by molar-refractivity contribution is 7.89. The first kappa shape index (κ1) is 15.4. The predicted molar refractivity (Wildman–Crippen MR) is 62.6 cm³/mol. The lowest BCUT2D eigenvalue weighted by Crippen LogP contribution is -2.34. The van der Waals surface area contributed by atoms with E-state index in [9.17, 15) is 21.6 Å². The molecule has 0 saturated heterocycles. The number of rotatable bonds is 5. The summed E-state index contributed by atoms with van der Waals surface area (Å²) in [6, 6.07) is 0.540. The van der Waals surface area contributed by atoms with Crippen molar-refractivity contribution in [1.82, 2.24) is 4.72 Å². The van der Waals surface area contributed by atoms with Crippen molar-refractivity contribution in [1.29, 1.82) is 5.41 Å². The monoisotopic (exact) mass is 295 g/mol. The summed E-state index contributed by atoms with van der Waals surface area (Å²) in [5.74, 6) is -5.18. The second kappa shape index (κ2) is 5.57. The fraction of sp³-hybridized carbons (Fsp3) is 0.300. The molecule has 0 radical (unpaired) electrons. The highest BCUT2D eigenvalue weighted by Crippen LogP contribution is 2.19. The van der Waals surface area contributed by atoms with Gasteiger partial charge in [-0.1, -0.05) is 6.92 Å². The first-order valence-corrected chi connectivity index (χ1v) is 6.61. The zero-order valence-electron chi connectivity index (χ0n) is 9.88. The first-order valence-electron chi connectivity index (χ1n) is 5.13. The van der Waals surface area contributed by atoms with Crippen LogP contribution < -0.4 is 10.5 Å². The largest absolute Gasteiger partial charge is 0.387 e. The summed E-state index contributed by atoms with van der Waals surface area (Å²) in [6.45, 7) is 1.16. The van der Waals surface area contributed by atoms with Crippen LogP contribution in [0.1, 0.15) is 6.92 Å². The third-order valence-corrected chi connectivity index (χ3v) is 3.82. The van der Waals surface area contributed by atoms with Gasteiger partial charge in [-0.2, -0.15) is 0 Å². The van der Waals surface area contributed by atoms with Gasteiger partial charge in [-0.05, 0) is 0 Å². The number of nitrogens with two attached hydrogens (primary N) is 1. The molecule has 0 aliphatic rings. The van der Waals surface area contributed by atoms with Crippen LogP contribution in [-0.2, 0) is 10.0 Å². The van der Waals surface area contributed by atoms with Crippen LogP contribution in [0.5, 0.6) is 0 Å². The van der Waals surface area contributed by atoms with Crippen LogP contribution in [0.3, 0.4) is 0 Å². The zero-order valence-corrected chi connectivity index (χ0v) is 10.7. The van der Waals surface area contributed by atoms with Crippen LogP contribution in [0.25, 0.3) is 0 Å². The van der Waals surface area contributed by atoms with Gasteiger partial charge in [0, 0.05) is 24.6 Å². The topological polar surface area (TPSA) is 96.0 Å². The summed E-state index contributed by atoms with van der Waals surface area (Å²) in [5.41, 5.74) is 5.13. The van der Waals surface area contributed by atoms with Gasteiger partial charge >= 0.3 is 0 Å². The minimum absolute atomic E-state index is 0.270. The Hall–Kier alpha value is -1.61. The minimum Gasteiger partial charge on any atom is -0.387 e. The molecule has 1 aromatic carbocycles. The van der Waals surface area contributed by atoms with Crippen LogP contribution in [0.4, 0.5) is 13.2 Å². The second-order valence-electron chi connectivity index (χ2n) is 3.91. The van der Waals surface area contributed by atoms with Crippen molar-refractivity contribution >= 4 is 15.9 Å². The summed E-state index contributed by atoms with van der Waals surface area (Å²) in [7, 11) is -4.49. The quantitative estimate of drug-likeness (QED) is 0.557. The van der Waals surface area contributed by atoms with E-state index in [2.05, 4.69) is 0 Å². The van der Waals surface area contributed by atoms with Gasteiger partial charge < -0.3 is 5.73 Å². The van der Waals surface area contributed by atoms with Crippen molar-refractivity contribution in [3.63, 3.8) is 0 Å². The smallest absolute Gasteiger partial charge is 0.246 e. The lowest BCUT2D eigenvalue weighted by atomic mass is 10.2. The van der Waals surface area contributed by atoms with Gasteiger partial charge in [-0.25, -0.2) is 26.3 Å². The molecular weight excluding hydrogens is 283 g/mol. The fourth-order valence-corrected chi connectivity index (χ4v) is 2.45. The number of amidine groups is 1. The summed E-state index contributed by atoms with van der Waals surface area (Å²) >= 11 is 0. The zero-order chi connectivity index (χ0) is 14.8. The molecule has 1 rings (SSSR count). The number of hydrogen-bond donors (Lipinski definition) is 3. The summed E-state index contributed by atoms with van der Waals surface area (Å²) < 4.78 is 64.6. The fourth-order valence-electron chi connectivity index (χ4n) is 1.20. The standard InChI is InChI=1S/C10H12F3N3O2S/c1-5(10(14)15)4-16-19(17,18)9-7(12)2-6(11)3-8(9)13/h2-3,5,16H,4H2,1H3,(H3,14,15). The molecule has 0 bridgehead atoms. The Balaban J connectivity index is 3.05. The number of nitrogens with one attached hydrogen (secondary N) is 2. The van der Waals surface area contributed by atoms with Crippen LogP contribution in [0, 0.1) is 28.8 Å². The molecule has 9 heteroatoms. The first-order chi connectivity index (χ1) is 8.65. The Labute approximate surface area is 108 Å². The summed E-state index contributed by atoms with van der Waals surface area (Å²) in [4.78, 5) is -1.26. The van der Waals surface area contributed by atoms with Crippen molar-refractivity contribution < 1.29 is 21.6 Å². The molecule has 0 aliphatic carbocycles. The van der Waals surface area contributed by atoms with Gasteiger partial charge in [-0.15, -0.1) is 0 Å². The van der Waals surface area contributed by atoms with Crippen LogP contribution >= 0.6 is 0 Å². The highest BCUT2D eigenvalue weighted by atomic mass is 32.2. The third-order valence-electron chi connectivity index (χ3n) is 2.34. The molecule has 4 N–H and O–H groups in total. The highest BCUT2D eigenvalue weighted by Gasteiger charge is 2.25. The number of sulfonamides is 1. The van der Waals surface area contributed by atoms with E-state index in [4.69, 9.17) is 11.1 Å². The minimum atomic E-state index is -4.49. The maximum Gasteiger partial charge on any atom is 0.246 e.